The molecule has 1 aliphatic heterocycles. The number of piperidine rings is 1. The molecule has 0 bridgehead atoms. The number of nitrogens with zero attached hydrogens (tertiary/aromatic N) is 3. The molecule has 1 heterocycles. The zero-order chi connectivity index (χ0) is 9.64. The second-order valence-corrected chi connectivity index (χ2v) is 3.81. The van der Waals surface area contributed by atoms with Gasteiger partial charge in [0.2, 0.25) is 0 Å². The number of rotatable bonds is 2. The van der Waals surface area contributed by atoms with E-state index in [1.54, 1.807) is 0 Å². The number of allylic oxidation sites excluding steroid dienone is 3. The van der Waals surface area contributed by atoms with Gasteiger partial charge in [-0.1, -0.05) is 17.4 Å². The summed E-state index contributed by atoms with van der Waals surface area (Å²) in [6.45, 7) is 2.14. The first-order valence-electron chi connectivity index (χ1n) is 5.48. The van der Waals surface area contributed by atoms with Crippen LogP contribution in [0.1, 0.15) is 32.1 Å². The summed E-state index contributed by atoms with van der Waals surface area (Å²) < 4.78 is 0. The van der Waals surface area contributed by atoms with Gasteiger partial charge in [-0.15, -0.1) is 5.11 Å². The Kier molecular flexibility index (Phi) is 3.33. The summed E-state index contributed by atoms with van der Waals surface area (Å²) in [6, 6.07) is 0. The Labute approximate surface area is 85.2 Å². The van der Waals surface area contributed by atoms with Crippen molar-refractivity contribution in [3.63, 3.8) is 0 Å². The molecule has 0 spiro atoms. The lowest BCUT2D eigenvalue weighted by Gasteiger charge is -2.21. The highest BCUT2D eigenvalue weighted by molar-refractivity contribution is 5.19. The monoisotopic (exact) mass is 191 g/mol. The Hall–Kier alpha value is -1.12. The molecule has 0 aromatic rings. The third kappa shape index (κ3) is 2.69. The fourth-order valence-electron chi connectivity index (χ4n) is 1.76. The van der Waals surface area contributed by atoms with Gasteiger partial charge in [-0.25, -0.2) is 0 Å². The number of hydrogen-bond acceptors (Lipinski definition) is 2. The molecular formula is C11H17N3. The average molecular weight is 191 g/mol. The van der Waals surface area contributed by atoms with Crippen molar-refractivity contribution in [3.8, 4) is 0 Å². The van der Waals surface area contributed by atoms with Gasteiger partial charge in [0.05, 0.1) is 5.70 Å². The van der Waals surface area contributed by atoms with Gasteiger partial charge in [0.25, 0.3) is 0 Å². The van der Waals surface area contributed by atoms with Gasteiger partial charge >= 0.3 is 0 Å². The van der Waals surface area contributed by atoms with E-state index >= 15 is 0 Å². The molecule has 1 aliphatic carbocycles. The van der Waals surface area contributed by atoms with Crippen molar-refractivity contribution in [2.45, 2.75) is 32.1 Å². The van der Waals surface area contributed by atoms with Crippen LogP contribution in [0.2, 0.25) is 0 Å². The van der Waals surface area contributed by atoms with E-state index in [4.69, 9.17) is 0 Å². The molecule has 2 aliphatic rings. The van der Waals surface area contributed by atoms with E-state index in [-0.39, 0.29) is 0 Å². The van der Waals surface area contributed by atoms with Crippen LogP contribution in [0.25, 0.3) is 0 Å². The van der Waals surface area contributed by atoms with Crippen LogP contribution in [-0.4, -0.2) is 18.1 Å². The van der Waals surface area contributed by atoms with Crippen molar-refractivity contribution in [2.75, 3.05) is 13.1 Å². The highest BCUT2D eigenvalue weighted by Crippen LogP contribution is 2.13. The smallest absolute Gasteiger partial charge is 0.0831 e. The van der Waals surface area contributed by atoms with Crippen molar-refractivity contribution < 1.29 is 0 Å². The van der Waals surface area contributed by atoms with E-state index in [1.807, 2.05) is 0 Å². The Morgan fingerprint density at radius 3 is 2.64 bits per heavy atom. The van der Waals surface area contributed by atoms with Crippen LogP contribution < -0.4 is 0 Å². The molecule has 0 unspecified atom stereocenters. The summed E-state index contributed by atoms with van der Waals surface area (Å²) in [4.78, 5) is 0. The van der Waals surface area contributed by atoms with Gasteiger partial charge in [0, 0.05) is 13.1 Å². The highest BCUT2D eigenvalue weighted by atomic mass is 15.5. The van der Waals surface area contributed by atoms with Crippen LogP contribution >= 0.6 is 0 Å². The van der Waals surface area contributed by atoms with E-state index in [2.05, 4.69) is 33.6 Å². The molecule has 14 heavy (non-hydrogen) atoms. The summed E-state index contributed by atoms with van der Waals surface area (Å²) >= 11 is 0. The zero-order valence-electron chi connectivity index (χ0n) is 8.52. The fraction of sp³-hybridized carbons (Fsp3) is 0.636. The minimum atomic E-state index is 1.02. The van der Waals surface area contributed by atoms with Crippen LogP contribution in [0.3, 0.4) is 0 Å². The topological polar surface area (TPSA) is 28.0 Å². The summed E-state index contributed by atoms with van der Waals surface area (Å²) in [5.74, 6) is 0. The van der Waals surface area contributed by atoms with E-state index in [0.717, 1.165) is 31.6 Å². The molecule has 0 aromatic heterocycles. The van der Waals surface area contributed by atoms with E-state index in [0.29, 0.717) is 0 Å². The van der Waals surface area contributed by atoms with Gasteiger partial charge in [0.1, 0.15) is 0 Å². The van der Waals surface area contributed by atoms with Gasteiger partial charge in [-0.3, -0.25) is 5.01 Å². The molecule has 0 aromatic carbocycles. The molecule has 2 rings (SSSR count). The van der Waals surface area contributed by atoms with Gasteiger partial charge in [-0.2, -0.15) is 0 Å². The molecule has 0 atom stereocenters. The quantitative estimate of drug-likeness (QED) is 0.616. The summed E-state index contributed by atoms with van der Waals surface area (Å²) in [7, 11) is 0. The van der Waals surface area contributed by atoms with Crippen molar-refractivity contribution in [2.24, 2.45) is 10.3 Å². The zero-order valence-corrected chi connectivity index (χ0v) is 8.52. The molecule has 3 nitrogen and oxygen atoms in total. The Balaban J connectivity index is 1.85. The maximum absolute atomic E-state index is 4.25. The SMILES string of the molecule is C1=CC(N=NN2CCCCC2)=CCC1. The predicted molar refractivity (Wildman–Crippen MR) is 56.7 cm³/mol. The predicted octanol–water partition coefficient (Wildman–Crippen LogP) is 3.07. The van der Waals surface area contributed by atoms with Crippen molar-refractivity contribution in [3.05, 3.63) is 23.9 Å². The minimum absolute atomic E-state index is 1.02. The molecule has 0 amide bonds. The van der Waals surface area contributed by atoms with Gasteiger partial charge < -0.3 is 0 Å². The van der Waals surface area contributed by atoms with E-state index in [1.165, 1.54) is 19.3 Å². The third-order valence-corrected chi connectivity index (χ3v) is 2.59. The highest BCUT2D eigenvalue weighted by Gasteiger charge is 2.06. The maximum atomic E-state index is 4.25. The number of hydrogen-bond donors (Lipinski definition) is 0. The maximum Gasteiger partial charge on any atom is 0.0831 e. The molecule has 3 heteroatoms. The second-order valence-electron chi connectivity index (χ2n) is 3.81. The molecule has 1 fully saturated rings. The van der Waals surface area contributed by atoms with Gasteiger partial charge in [-0.05, 0) is 38.2 Å². The Morgan fingerprint density at radius 1 is 1.07 bits per heavy atom. The lowest BCUT2D eigenvalue weighted by Crippen LogP contribution is -2.23. The first-order valence-corrected chi connectivity index (χ1v) is 5.48. The van der Waals surface area contributed by atoms with Crippen LogP contribution in [0, 0.1) is 0 Å². The standard InChI is InChI=1S/C11H17N3/c1-3-7-11(8-4-1)12-13-14-9-5-2-6-10-14/h3,7-8H,1-2,4-6,9-10H2. The minimum Gasteiger partial charge on any atom is -0.278 e. The van der Waals surface area contributed by atoms with Crippen LogP contribution in [0.5, 0.6) is 0 Å². The molecule has 0 saturated carbocycles. The summed E-state index contributed by atoms with van der Waals surface area (Å²) in [5.41, 5.74) is 1.02. The second kappa shape index (κ2) is 4.94. The van der Waals surface area contributed by atoms with Crippen LogP contribution in [-0.2, 0) is 0 Å². The molecule has 1 saturated heterocycles. The lowest BCUT2D eigenvalue weighted by atomic mass is 10.2. The molecule has 0 N–H and O–H groups in total. The average Bonchev–Trinajstić information content (AvgIpc) is 2.29. The normalized spacial score (nSPS) is 22.9. The Bertz CT molecular complexity index is 260. The lowest BCUT2D eigenvalue weighted by molar-refractivity contribution is 0.223. The molecule has 0 radical (unpaired) electrons. The largest absolute Gasteiger partial charge is 0.278 e. The molecule has 76 valence electrons. The van der Waals surface area contributed by atoms with Crippen LogP contribution in [0.15, 0.2) is 34.3 Å². The fourth-order valence-corrected chi connectivity index (χ4v) is 1.76. The van der Waals surface area contributed by atoms with E-state index < -0.39 is 0 Å². The van der Waals surface area contributed by atoms with E-state index in [9.17, 15) is 0 Å². The van der Waals surface area contributed by atoms with Crippen molar-refractivity contribution >= 4 is 0 Å². The van der Waals surface area contributed by atoms with Crippen molar-refractivity contribution in [1.82, 2.24) is 5.01 Å². The van der Waals surface area contributed by atoms with Crippen LogP contribution in [0.4, 0.5) is 0 Å². The Morgan fingerprint density at radius 2 is 1.93 bits per heavy atom. The molecular weight excluding hydrogens is 174 g/mol. The summed E-state index contributed by atoms with van der Waals surface area (Å²) in [6.07, 6.45) is 12.5. The first-order chi connectivity index (χ1) is 6.95. The third-order valence-electron chi connectivity index (χ3n) is 2.59. The van der Waals surface area contributed by atoms with Crippen molar-refractivity contribution in [1.29, 1.82) is 0 Å². The van der Waals surface area contributed by atoms with Gasteiger partial charge in [0.15, 0.2) is 0 Å². The summed E-state index contributed by atoms with van der Waals surface area (Å²) in [5, 5.41) is 10.6. The first kappa shape index (κ1) is 9.44.